The first-order valence-electron chi connectivity index (χ1n) is 13.5. The lowest BCUT2D eigenvalue weighted by Crippen LogP contribution is -2.56. The number of thiazole rings is 1. The SMILES string of the molecule is COCCN1CC[C@@H](NC(=O)Nc2nc(C)c(C(C)=O)s2)[C@H](CN2CCCC(Cc3ccc(F)cc3)C2)C1. The van der Waals surface area contributed by atoms with E-state index in [1.54, 1.807) is 26.2 Å². The molecule has 3 heterocycles. The number of hydrogen-bond donors (Lipinski definition) is 2. The molecule has 2 aliphatic rings. The zero-order valence-electron chi connectivity index (χ0n) is 22.7. The van der Waals surface area contributed by atoms with Gasteiger partial charge in [0.15, 0.2) is 10.9 Å². The van der Waals surface area contributed by atoms with Crippen LogP contribution >= 0.6 is 11.3 Å². The molecule has 0 spiro atoms. The average Bonchev–Trinajstić information content (AvgIpc) is 3.25. The van der Waals surface area contributed by atoms with Crippen LogP contribution in [0.1, 0.15) is 47.1 Å². The number of piperidine rings is 2. The summed E-state index contributed by atoms with van der Waals surface area (Å²) in [7, 11) is 1.73. The molecule has 2 amide bonds. The molecule has 208 valence electrons. The second-order valence-corrected chi connectivity index (χ2v) is 11.6. The molecular weight excluding hydrogens is 505 g/mol. The summed E-state index contributed by atoms with van der Waals surface area (Å²) in [5.41, 5.74) is 1.82. The summed E-state index contributed by atoms with van der Waals surface area (Å²) in [6, 6.07) is 6.64. The van der Waals surface area contributed by atoms with Crippen LogP contribution in [0.5, 0.6) is 0 Å². The van der Waals surface area contributed by atoms with Gasteiger partial charge < -0.3 is 19.9 Å². The third-order valence-electron chi connectivity index (χ3n) is 7.62. The molecule has 2 N–H and O–H groups in total. The van der Waals surface area contributed by atoms with Gasteiger partial charge in [-0.3, -0.25) is 10.1 Å². The van der Waals surface area contributed by atoms with Crippen molar-refractivity contribution in [2.45, 2.75) is 45.6 Å². The highest BCUT2D eigenvalue weighted by Gasteiger charge is 2.33. The molecule has 0 aliphatic carbocycles. The van der Waals surface area contributed by atoms with E-state index in [2.05, 4.69) is 25.4 Å². The van der Waals surface area contributed by atoms with Crippen molar-refractivity contribution < 1.29 is 18.7 Å². The first kappa shape index (κ1) is 28.6. The maximum atomic E-state index is 13.3. The number of carbonyl (C=O) groups excluding carboxylic acids is 2. The molecule has 2 aromatic rings. The van der Waals surface area contributed by atoms with Crippen molar-refractivity contribution in [2.24, 2.45) is 11.8 Å². The highest BCUT2D eigenvalue weighted by Crippen LogP contribution is 2.26. The molecule has 8 nitrogen and oxygen atoms in total. The fourth-order valence-electron chi connectivity index (χ4n) is 5.75. The van der Waals surface area contributed by atoms with Crippen LogP contribution in [-0.4, -0.2) is 85.6 Å². The second-order valence-electron chi connectivity index (χ2n) is 10.6. The Kier molecular flexibility index (Phi) is 10.2. The second kappa shape index (κ2) is 13.6. The minimum absolute atomic E-state index is 0.0413. The quantitative estimate of drug-likeness (QED) is 0.435. The van der Waals surface area contributed by atoms with Gasteiger partial charge in [0.1, 0.15) is 5.82 Å². The van der Waals surface area contributed by atoms with Gasteiger partial charge in [-0.2, -0.15) is 0 Å². The minimum atomic E-state index is -0.276. The number of Topliss-reactive ketones (excluding diaryl/α,β-unsaturated/α-hetero) is 1. The molecule has 1 unspecified atom stereocenters. The Morgan fingerprint density at radius 1 is 1.16 bits per heavy atom. The van der Waals surface area contributed by atoms with E-state index in [9.17, 15) is 14.0 Å². The van der Waals surface area contributed by atoms with Gasteiger partial charge in [0.2, 0.25) is 0 Å². The molecule has 38 heavy (non-hydrogen) atoms. The number of nitrogens with zero attached hydrogens (tertiary/aromatic N) is 3. The lowest BCUT2D eigenvalue weighted by Gasteiger charge is -2.42. The number of anilines is 1. The lowest BCUT2D eigenvalue weighted by molar-refractivity contribution is 0.0689. The van der Waals surface area contributed by atoms with E-state index >= 15 is 0 Å². The molecular formula is C28H40FN5O3S. The normalized spacial score (nSPS) is 22.8. The molecule has 2 aliphatic heterocycles. The molecule has 0 saturated carbocycles. The van der Waals surface area contributed by atoms with Crippen molar-refractivity contribution in [3.8, 4) is 0 Å². The van der Waals surface area contributed by atoms with Crippen LogP contribution in [0.3, 0.4) is 0 Å². The van der Waals surface area contributed by atoms with E-state index in [0.29, 0.717) is 28.2 Å². The maximum Gasteiger partial charge on any atom is 0.321 e. The number of aryl methyl sites for hydroxylation is 1. The van der Waals surface area contributed by atoms with Gasteiger partial charge in [-0.1, -0.05) is 23.5 Å². The summed E-state index contributed by atoms with van der Waals surface area (Å²) >= 11 is 1.21. The molecule has 4 rings (SSSR count). The van der Waals surface area contributed by atoms with Gasteiger partial charge in [-0.15, -0.1) is 0 Å². The highest BCUT2D eigenvalue weighted by atomic mass is 32.1. The monoisotopic (exact) mass is 545 g/mol. The van der Waals surface area contributed by atoms with Gasteiger partial charge in [0, 0.05) is 58.7 Å². The molecule has 3 atom stereocenters. The number of rotatable bonds is 10. The van der Waals surface area contributed by atoms with Gasteiger partial charge in [-0.25, -0.2) is 14.2 Å². The number of hydrogen-bond acceptors (Lipinski definition) is 7. The Morgan fingerprint density at radius 3 is 2.66 bits per heavy atom. The van der Waals surface area contributed by atoms with Crippen molar-refractivity contribution >= 4 is 28.3 Å². The van der Waals surface area contributed by atoms with Crippen LogP contribution in [0.2, 0.25) is 0 Å². The first-order valence-corrected chi connectivity index (χ1v) is 14.4. The summed E-state index contributed by atoms with van der Waals surface area (Å²) in [6.07, 6.45) is 4.15. The number of nitrogens with one attached hydrogen (secondary N) is 2. The third kappa shape index (κ3) is 8.05. The van der Waals surface area contributed by atoms with Crippen LogP contribution in [0, 0.1) is 24.6 Å². The number of aromatic nitrogens is 1. The standard InChI is InChI=1S/C28H40FN5O3S/c1-19-26(20(2)35)38-28(30-19)32-27(36)31-25-10-12-33(13-14-37-3)17-23(25)18-34-11-4-5-22(16-34)15-21-6-8-24(29)9-7-21/h6-9,22-23,25H,4-5,10-18H2,1-3H3,(H2,30,31,32,36)/t22?,23-,25+/m0/s1. The van der Waals surface area contributed by atoms with E-state index in [1.807, 2.05) is 12.1 Å². The Morgan fingerprint density at radius 2 is 1.95 bits per heavy atom. The number of amides is 2. The Bertz CT molecular complexity index is 1080. The summed E-state index contributed by atoms with van der Waals surface area (Å²) < 4.78 is 18.6. The van der Waals surface area contributed by atoms with E-state index < -0.39 is 0 Å². The first-order chi connectivity index (χ1) is 18.3. The van der Waals surface area contributed by atoms with Crippen LogP contribution in [0.4, 0.5) is 14.3 Å². The summed E-state index contributed by atoms with van der Waals surface area (Å²) in [4.78, 5) is 34.6. The van der Waals surface area contributed by atoms with Crippen LogP contribution < -0.4 is 10.6 Å². The number of likely N-dealkylation sites (tertiary alicyclic amines) is 2. The van der Waals surface area contributed by atoms with Crippen molar-refractivity contribution in [3.63, 3.8) is 0 Å². The largest absolute Gasteiger partial charge is 0.383 e. The highest BCUT2D eigenvalue weighted by molar-refractivity contribution is 7.17. The molecule has 1 aromatic carbocycles. The molecule has 10 heteroatoms. The number of halogens is 1. The summed E-state index contributed by atoms with van der Waals surface area (Å²) in [5.74, 6) is 0.583. The molecule has 2 saturated heterocycles. The van der Waals surface area contributed by atoms with Gasteiger partial charge in [0.05, 0.1) is 17.2 Å². The zero-order valence-corrected chi connectivity index (χ0v) is 23.5. The summed E-state index contributed by atoms with van der Waals surface area (Å²) in [5, 5.41) is 6.50. The third-order valence-corrected chi connectivity index (χ3v) is 8.79. The van der Waals surface area contributed by atoms with Gasteiger partial charge in [-0.05, 0) is 62.8 Å². The number of methoxy groups -OCH3 is 1. The smallest absolute Gasteiger partial charge is 0.321 e. The Balaban J connectivity index is 1.37. The fourth-order valence-corrected chi connectivity index (χ4v) is 6.61. The molecule has 2 fully saturated rings. The van der Waals surface area contributed by atoms with Crippen molar-refractivity contribution in [1.82, 2.24) is 20.1 Å². The van der Waals surface area contributed by atoms with Crippen LogP contribution in [0.25, 0.3) is 0 Å². The van der Waals surface area contributed by atoms with E-state index in [0.717, 1.165) is 58.5 Å². The summed E-state index contributed by atoms with van der Waals surface area (Å²) in [6.45, 7) is 9.65. The average molecular weight is 546 g/mol. The predicted octanol–water partition coefficient (Wildman–Crippen LogP) is 4.21. The van der Waals surface area contributed by atoms with Crippen molar-refractivity contribution in [2.75, 3.05) is 58.3 Å². The maximum absolute atomic E-state index is 13.3. The van der Waals surface area contributed by atoms with Crippen LogP contribution in [0.15, 0.2) is 24.3 Å². The van der Waals surface area contributed by atoms with Crippen LogP contribution in [-0.2, 0) is 11.2 Å². The van der Waals surface area contributed by atoms with Gasteiger partial charge in [0.25, 0.3) is 0 Å². The Hall–Kier alpha value is -2.40. The molecule has 0 bridgehead atoms. The zero-order chi connectivity index (χ0) is 27.1. The topological polar surface area (TPSA) is 86.8 Å². The number of benzene rings is 1. The molecule has 0 radical (unpaired) electrons. The number of ether oxygens (including phenoxy) is 1. The molecule has 1 aromatic heterocycles. The van der Waals surface area contributed by atoms with Crippen molar-refractivity contribution in [1.29, 1.82) is 0 Å². The van der Waals surface area contributed by atoms with Crippen molar-refractivity contribution in [3.05, 3.63) is 46.2 Å². The lowest BCUT2D eigenvalue weighted by atomic mass is 9.88. The van der Waals surface area contributed by atoms with Gasteiger partial charge >= 0.3 is 6.03 Å². The fraction of sp³-hybridized carbons (Fsp3) is 0.607. The van der Waals surface area contributed by atoms with E-state index in [1.165, 1.54) is 30.2 Å². The number of ketones is 1. The van der Waals surface area contributed by atoms with E-state index in [4.69, 9.17) is 4.74 Å². The minimum Gasteiger partial charge on any atom is -0.383 e. The number of carbonyl (C=O) groups is 2. The van der Waals surface area contributed by atoms with E-state index in [-0.39, 0.29) is 29.6 Å². The Labute approximate surface area is 228 Å². The number of urea groups is 1. The predicted molar refractivity (Wildman–Crippen MR) is 148 cm³/mol.